The van der Waals surface area contributed by atoms with Crippen molar-refractivity contribution in [2.24, 2.45) is 0 Å². The van der Waals surface area contributed by atoms with Crippen molar-refractivity contribution in [1.29, 1.82) is 0 Å². The van der Waals surface area contributed by atoms with Crippen LogP contribution in [-0.2, 0) is 4.74 Å². The molecular weight excluding hydrogens is 254 g/mol. The molecule has 0 aromatic carbocycles. The van der Waals surface area contributed by atoms with E-state index in [2.05, 4.69) is 0 Å². The summed E-state index contributed by atoms with van der Waals surface area (Å²) in [6.07, 6.45) is 2.76. The Balaban J connectivity index is 2.26. The smallest absolute Gasteiger partial charge is 0.337 e. The van der Waals surface area contributed by atoms with Crippen molar-refractivity contribution in [3.63, 3.8) is 0 Å². The molecule has 3 heterocycles. The lowest BCUT2D eigenvalue weighted by atomic mass is 10.0. The molecule has 2 aromatic rings. The Morgan fingerprint density at radius 2 is 2.39 bits per heavy atom. The van der Waals surface area contributed by atoms with Crippen LogP contribution in [0.5, 0.6) is 0 Å². The van der Waals surface area contributed by atoms with E-state index in [1.54, 1.807) is 12.1 Å². The van der Waals surface area contributed by atoms with Crippen LogP contribution in [0.1, 0.15) is 28.4 Å². The Morgan fingerprint density at radius 3 is 3.06 bits per heavy atom. The van der Waals surface area contributed by atoms with E-state index < -0.39 is 5.97 Å². The number of carboxylic acid groups (broad SMARTS) is 1. The highest BCUT2D eigenvalue weighted by Crippen LogP contribution is 2.32. The van der Waals surface area contributed by atoms with Crippen LogP contribution < -0.4 is 0 Å². The predicted octanol–water partition coefficient (Wildman–Crippen LogP) is 2.79. The Hall–Kier alpha value is -1.52. The van der Waals surface area contributed by atoms with Crippen LogP contribution in [0.2, 0.25) is 5.02 Å². The van der Waals surface area contributed by atoms with Crippen LogP contribution in [0.15, 0.2) is 24.4 Å². The second-order valence-corrected chi connectivity index (χ2v) is 4.83. The molecule has 0 unspecified atom stereocenters. The summed E-state index contributed by atoms with van der Waals surface area (Å²) >= 11 is 6.11. The largest absolute Gasteiger partial charge is 0.478 e. The van der Waals surface area contributed by atoms with Gasteiger partial charge in [0.25, 0.3) is 0 Å². The third-order valence-electron chi connectivity index (χ3n) is 3.35. The lowest BCUT2D eigenvalue weighted by Crippen LogP contribution is -2.01. The zero-order valence-corrected chi connectivity index (χ0v) is 10.4. The first-order valence-corrected chi connectivity index (χ1v) is 6.17. The maximum absolute atomic E-state index is 11.3. The van der Waals surface area contributed by atoms with Crippen molar-refractivity contribution >= 4 is 23.1 Å². The Bertz CT molecular complexity index is 614. The molecule has 1 fully saturated rings. The summed E-state index contributed by atoms with van der Waals surface area (Å²) in [4.78, 5) is 11.3. The van der Waals surface area contributed by atoms with E-state index in [-0.39, 0.29) is 11.5 Å². The molecule has 0 bridgehead atoms. The molecular formula is C13H12ClNO3. The number of carbonyl (C=O) groups is 1. The minimum Gasteiger partial charge on any atom is -0.478 e. The van der Waals surface area contributed by atoms with Crippen molar-refractivity contribution in [2.45, 2.75) is 12.3 Å². The fourth-order valence-electron chi connectivity index (χ4n) is 2.49. The SMILES string of the molecule is O=C(O)c1cc([C@H]2CCOC2)n2cccc(Cl)c12. The van der Waals surface area contributed by atoms with Crippen LogP contribution in [0, 0.1) is 0 Å². The molecule has 5 heteroatoms. The van der Waals surface area contributed by atoms with E-state index in [1.165, 1.54) is 0 Å². The number of rotatable bonds is 2. The lowest BCUT2D eigenvalue weighted by Gasteiger charge is -2.08. The first kappa shape index (κ1) is 11.6. The molecule has 94 valence electrons. The minimum atomic E-state index is -0.953. The molecule has 1 aliphatic heterocycles. The number of fused-ring (bicyclic) bond motifs is 1. The minimum absolute atomic E-state index is 0.240. The van der Waals surface area contributed by atoms with Crippen molar-refractivity contribution < 1.29 is 14.6 Å². The second kappa shape index (κ2) is 4.30. The van der Waals surface area contributed by atoms with E-state index in [0.717, 1.165) is 18.7 Å². The molecule has 3 rings (SSSR count). The van der Waals surface area contributed by atoms with Crippen molar-refractivity contribution in [2.75, 3.05) is 13.2 Å². The molecule has 0 spiro atoms. The van der Waals surface area contributed by atoms with Gasteiger partial charge in [-0.2, -0.15) is 0 Å². The summed E-state index contributed by atoms with van der Waals surface area (Å²) in [6, 6.07) is 5.24. The van der Waals surface area contributed by atoms with Crippen molar-refractivity contribution in [3.05, 3.63) is 40.7 Å². The van der Waals surface area contributed by atoms with Gasteiger partial charge in [0.1, 0.15) is 0 Å². The maximum atomic E-state index is 11.3. The monoisotopic (exact) mass is 265 g/mol. The molecule has 1 atom stereocenters. The van der Waals surface area contributed by atoms with Crippen LogP contribution in [0.25, 0.3) is 5.52 Å². The van der Waals surface area contributed by atoms with Gasteiger partial charge in [0, 0.05) is 24.4 Å². The van der Waals surface area contributed by atoms with E-state index >= 15 is 0 Å². The fourth-order valence-corrected chi connectivity index (χ4v) is 2.75. The van der Waals surface area contributed by atoms with Gasteiger partial charge in [0.2, 0.25) is 0 Å². The molecule has 2 aromatic heterocycles. The van der Waals surface area contributed by atoms with Gasteiger partial charge < -0.3 is 14.2 Å². The summed E-state index contributed by atoms with van der Waals surface area (Å²) in [6.45, 7) is 1.36. The molecule has 1 N–H and O–H groups in total. The summed E-state index contributed by atoms with van der Waals surface area (Å²) < 4.78 is 7.23. The Kier molecular flexibility index (Phi) is 2.76. The average Bonchev–Trinajstić information content (AvgIpc) is 2.95. The van der Waals surface area contributed by atoms with E-state index in [9.17, 15) is 9.90 Å². The third kappa shape index (κ3) is 1.69. The van der Waals surface area contributed by atoms with Crippen molar-refractivity contribution in [1.82, 2.24) is 4.40 Å². The first-order valence-electron chi connectivity index (χ1n) is 5.79. The number of aromatic carboxylic acids is 1. The van der Waals surface area contributed by atoms with E-state index in [1.807, 2.05) is 16.7 Å². The predicted molar refractivity (Wildman–Crippen MR) is 67.5 cm³/mol. The van der Waals surface area contributed by atoms with Gasteiger partial charge in [-0.15, -0.1) is 0 Å². The number of nitrogens with zero attached hydrogens (tertiary/aromatic N) is 1. The van der Waals surface area contributed by atoms with Crippen LogP contribution in [0.4, 0.5) is 0 Å². The number of hydrogen-bond acceptors (Lipinski definition) is 2. The molecule has 1 aliphatic rings. The lowest BCUT2D eigenvalue weighted by molar-refractivity contribution is 0.0699. The van der Waals surface area contributed by atoms with Crippen LogP contribution >= 0.6 is 11.6 Å². The number of pyridine rings is 1. The van der Waals surface area contributed by atoms with Crippen LogP contribution in [0.3, 0.4) is 0 Å². The van der Waals surface area contributed by atoms with Crippen LogP contribution in [-0.4, -0.2) is 28.7 Å². The number of halogens is 1. The normalized spacial score (nSPS) is 19.5. The van der Waals surface area contributed by atoms with Gasteiger partial charge in [0.05, 0.1) is 22.7 Å². The standard InChI is InChI=1S/C13H12ClNO3/c14-10-2-1-4-15-11(8-3-5-18-7-8)6-9(12(10)15)13(16)17/h1-2,4,6,8H,3,5,7H2,(H,16,17)/t8-/m0/s1. The summed E-state index contributed by atoms with van der Waals surface area (Å²) in [5.41, 5.74) is 1.78. The highest BCUT2D eigenvalue weighted by Gasteiger charge is 2.25. The van der Waals surface area contributed by atoms with Gasteiger partial charge in [-0.05, 0) is 24.6 Å². The zero-order chi connectivity index (χ0) is 12.7. The molecule has 4 nitrogen and oxygen atoms in total. The summed E-state index contributed by atoms with van der Waals surface area (Å²) in [5.74, 6) is -0.713. The summed E-state index contributed by atoms with van der Waals surface area (Å²) in [5, 5.41) is 9.72. The Morgan fingerprint density at radius 1 is 1.56 bits per heavy atom. The number of aromatic nitrogens is 1. The molecule has 0 aliphatic carbocycles. The number of hydrogen-bond donors (Lipinski definition) is 1. The highest BCUT2D eigenvalue weighted by atomic mass is 35.5. The average molecular weight is 266 g/mol. The number of ether oxygens (including phenoxy) is 1. The molecule has 0 radical (unpaired) electrons. The highest BCUT2D eigenvalue weighted by molar-refractivity contribution is 6.34. The van der Waals surface area contributed by atoms with Gasteiger partial charge in [-0.25, -0.2) is 4.79 Å². The van der Waals surface area contributed by atoms with Gasteiger partial charge in [-0.3, -0.25) is 0 Å². The molecule has 0 amide bonds. The number of carboxylic acids is 1. The van der Waals surface area contributed by atoms with Gasteiger partial charge in [0.15, 0.2) is 0 Å². The molecule has 1 saturated heterocycles. The van der Waals surface area contributed by atoms with Gasteiger partial charge in [-0.1, -0.05) is 11.6 Å². The van der Waals surface area contributed by atoms with E-state index in [0.29, 0.717) is 17.1 Å². The fraction of sp³-hybridized carbons (Fsp3) is 0.308. The second-order valence-electron chi connectivity index (χ2n) is 4.42. The third-order valence-corrected chi connectivity index (χ3v) is 3.65. The Labute approximate surface area is 109 Å². The topological polar surface area (TPSA) is 50.9 Å². The molecule has 18 heavy (non-hydrogen) atoms. The zero-order valence-electron chi connectivity index (χ0n) is 9.60. The van der Waals surface area contributed by atoms with Gasteiger partial charge >= 0.3 is 5.97 Å². The molecule has 0 saturated carbocycles. The quantitative estimate of drug-likeness (QED) is 0.908. The maximum Gasteiger partial charge on any atom is 0.337 e. The first-order chi connectivity index (χ1) is 8.68. The van der Waals surface area contributed by atoms with E-state index in [4.69, 9.17) is 16.3 Å². The van der Waals surface area contributed by atoms with Crippen molar-refractivity contribution in [3.8, 4) is 0 Å². The summed E-state index contributed by atoms with van der Waals surface area (Å²) in [7, 11) is 0.